The van der Waals surface area contributed by atoms with Crippen LogP contribution in [0.25, 0.3) is 6.08 Å². The van der Waals surface area contributed by atoms with E-state index in [-0.39, 0.29) is 12.0 Å². The number of aliphatic hydroxyl groups excluding tert-OH is 1. The molecule has 2 N–H and O–H groups in total. The maximum Gasteiger partial charge on any atom is 0.338 e. The van der Waals surface area contributed by atoms with Crippen molar-refractivity contribution in [1.82, 2.24) is 15.1 Å². The molecule has 0 amide bonds. The van der Waals surface area contributed by atoms with Crippen LogP contribution < -0.4 is 15.0 Å². The quantitative estimate of drug-likeness (QED) is 0.246. The molecule has 0 saturated heterocycles. The van der Waals surface area contributed by atoms with Gasteiger partial charge < -0.3 is 29.7 Å². The molecule has 3 atom stereocenters. The Morgan fingerprint density at radius 1 is 1.04 bits per heavy atom. The van der Waals surface area contributed by atoms with Gasteiger partial charge in [0.05, 0.1) is 18.7 Å². The number of anilines is 1. The van der Waals surface area contributed by atoms with E-state index in [0.717, 1.165) is 48.8 Å². The lowest BCUT2D eigenvalue weighted by atomic mass is 9.73. The number of hydrogen-bond donors (Lipinski definition) is 2. The van der Waals surface area contributed by atoms with Gasteiger partial charge in [0.2, 0.25) is 0 Å². The van der Waals surface area contributed by atoms with Gasteiger partial charge in [-0.25, -0.2) is 4.79 Å². The highest BCUT2D eigenvalue weighted by atomic mass is 16.6. The van der Waals surface area contributed by atoms with E-state index in [1.165, 1.54) is 43.2 Å². The van der Waals surface area contributed by atoms with Crippen molar-refractivity contribution < 1.29 is 19.4 Å². The SMILES string of the molecule is CNCCN(C)CCN(C)[C@H](O)C1=Cc2cc(OC)ccc2[C@H]2C(C3CCCCC3)c3ccc(C(=O)OC(C)(C)C)cc3N2C1. The van der Waals surface area contributed by atoms with E-state index in [4.69, 9.17) is 9.47 Å². The first-order valence-corrected chi connectivity index (χ1v) is 16.7. The van der Waals surface area contributed by atoms with Crippen molar-refractivity contribution in [3.05, 3.63) is 64.2 Å². The van der Waals surface area contributed by atoms with Crippen LogP contribution in [0.1, 0.15) is 91.9 Å². The van der Waals surface area contributed by atoms with E-state index in [1.807, 2.05) is 51.9 Å². The largest absolute Gasteiger partial charge is 0.497 e. The predicted octanol–water partition coefficient (Wildman–Crippen LogP) is 5.67. The molecule has 2 aliphatic heterocycles. The molecule has 2 aromatic carbocycles. The molecule has 45 heavy (non-hydrogen) atoms. The van der Waals surface area contributed by atoms with Crippen LogP contribution in [-0.2, 0) is 4.74 Å². The van der Waals surface area contributed by atoms with Crippen molar-refractivity contribution in [1.29, 1.82) is 0 Å². The Balaban J connectivity index is 1.55. The summed E-state index contributed by atoms with van der Waals surface area (Å²) >= 11 is 0. The van der Waals surface area contributed by atoms with Crippen molar-refractivity contribution in [3.63, 3.8) is 0 Å². The second-order valence-electron chi connectivity index (χ2n) is 14.2. The van der Waals surface area contributed by atoms with Crippen molar-refractivity contribution in [3.8, 4) is 5.75 Å². The Kier molecular flexibility index (Phi) is 10.6. The molecule has 2 heterocycles. The first-order valence-electron chi connectivity index (χ1n) is 16.7. The fraction of sp³-hybridized carbons (Fsp3) is 0.595. The zero-order valence-corrected chi connectivity index (χ0v) is 28.4. The maximum absolute atomic E-state index is 13.3. The van der Waals surface area contributed by atoms with Crippen molar-refractivity contribution in [2.45, 2.75) is 76.7 Å². The normalized spacial score (nSPS) is 20.8. The lowest BCUT2D eigenvalue weighted by molar-refractivity contribution is 0.00694. The molecule has 0 spiro atoms. The molecule has 1 saturated carbocycles. The van der Waals surface area contributed by atoms with E-state index in [2.05, 4.69) is 52.5 Å². The summed E-state index contributed by atoms with van der Waals surface area (Å²) in [4.78, 5) is 20.1. The van der Waals surface area contributed by atoms with E-state index < -0.39 is 11.8 Å². The first kappa shape index (κ1) is 33.5. The summed E-state index contributed by atoms with van der Waals surface area (Å²) in [6.45, 7) is 9.74. The summed E-state index contributed by atoms with van der Waals surface area (Å²) in [5, 5.41) is 15.1. The summed E-state index contributed by atoms with van der Waals surface area (Å²) in [6.07, 6.45) is 7.64. The van der Waals surface area contributed by atoms with Crippen LogP contribution in [0.3, 0.4) is 0 Å². The molecule has 1 fully saturated rings. The first-order chi connectivity index (χ1) is 21.5. The molecule has 0 bridgehead atoms. The van der Waals surface area contributed by atoms with Gasteiger partial charge in [-0.1, -0.05) is 31.4 Å². The van der Waals surface area contributed by atoms with Crippen LogP contribution in [0.4, 0.5) is 5.69 Å². The van der Waals surface area contributed by atoms with Crippen LogP contribution in [0, 0.1) is 5.92 Å². The number of aliphatic hydroxyl groups is 1. The van der Waals surface area contributed by atoms with Gasteiger partial charge >= 0.3 is 5.97 Å². The van der Waals surface area contributed by atoms with Crippen LogP contribution in [0.5, 0.6) is 5.75 Å². The van der Waals surface area contributed by atoms with E-state index in [1.54, 1.807) is 7.11 Å². The van der Waals surface area contributed by atoms with Gasteiger partial charge in [0, 0.05) is 44.3 Å². The van der Waals surface area contributed by atoms with Crippen LogP contribution in [-0.4, -0.2) is 93.7 Å². The van der Waals surface area contributed by atoms with Crippen LogP contribution >= 0.6 is 0 Å². The maximum atomic E-state index is 13.3. The average Bonchev–Trinajstić information content (AvgIpc) is 3.23. The third kappa shape index (κ3) is 7.57. The zero-order valence-electron chi connectivity index (χ0n) is 28.4. The average molecular weight is 619 g/mol. The Morgan fingerprint density at radius 2 is 1.78 bits per heavy atom. The minimum Gasteiger partial charge on any atom is -0.497 e. The van der Waals surface area contributed by atoms with E-state index in [0.29, 0.717) is 23.9 Å². The van der Waals surface area contributed by atoms with Gasteiger partial charge in [0.25, 0.3) is 0 Å². The molecule has 0 radical (unpaired) electrons. The van der Waals surface area contributed by atoms with Crippen LogP contribution in [0.15, 0.2) is 42.0 Å². The topological polar surface area (TPSA) is 77.5 Å². The lowest BCUT2D eigenvalue weighted by Crippen LogP contribution is -2.42. The molecule has 2 aromatic rings. The summed E-state index contributed by atoms with van der Waals surface area (Å²) in [5.41, 5.74) is 5.65. The number of nitrogens with one attached hydrogen (secondary N) is 1. The van der Waals surface area contributed by atoms with E-state index >= 15 is 0 Å². The van der Waals surface area contributed by atoms with Gasteiger partial charge in [-0.2, -0.15) is 0 Å². The highest BCUT2D eigenvalue weighted by Gasteiger charge is 2.46. The molecule has 8 heteroatoms. The Bertz CT molecular complexity index is 1360. The molecule has 246 valence electrons. The molecule has 0 aromatic heterocycles. The Hall–Kier alpha value is -2.91. The predicted molar refractivity (Wildman–Crippen MR) is 182 cm³/mol. The molecular weight excluding hydrogens is 564 g/mol. The molecular formula is C37H54N4O4. The lowest BCUT2D eigenvalue weighted by Gasteiger charge is -2.36. The van der Waals surface area contributed by atoms with Crippen molar-refractivity contribution >= 4 is 17.7 Å². The molecule has 1 aliphatic carbocycles. The second-order valence-corrected chi connectivity index (χ2v) is 14.2. The van der Waals surface area contributed by atoms with Crippen LogP contribution in [0.2, 0.25) is 0 Å². The number of benzene rings is 2. The smallest absolute Gasteiger partial charge is 0.338 e. The third-order valence-electron chi connectivity index (χ3n) is 9.80. The fourth-order valence-corrected chi connectivity index (χ4v) is 7.42. The number of ether oxygens (including phenoxy) is 2. The molecule has 1 unspecified atom stereocenters. The minimum absolute atomic E-state index is 0.0943. The third-order valence-corrected chi connectivity index (χ3v) is 9.80. The Labute approximate surface area is 270 Å². The summed E-state index contributed by atoms with van der Waals surface area (Å²) < 4.78 is 11.5. The fourth-order valence-electron chi connectivity index (χ4n) is 7.42. The number of likely N-dealkylation sites (N-methyl/N-ethyl adjacent to an activating group) is 3. The summed E-state index contributed by atoms with van der Waals surface area (Å²) in [6, 6.07) is 12.7. The zero-order chi connectivity index (χ0) is 32.3. The summed E-state index contributed by atoms with van der Waals surface area (Å²) in [7, 11) is 7.78. The molecule has 5 rings (SSSR count). The van der Waals surface area contributed by atoms with Gasteiger partial charge in [0.15, 0.2) is 0 Å². The number of carbonyl (C=O) groups is 1. The van der Waals surface area contributed by atoms with Gasteiger partial charge in [0.1, 0.15) is 17.6 Å². The number of rotatable bonds is 11. The number of fused-ring (bicyclic) bond motifs is 5. The minimum atomic E-state index is -0.758. The van der Waals surface area contributed by atoms with Gasteiger partial charge in [-0.15, -0.1) is 0 Å². The van der Waals surface area contributed by atoms with Gasteiger partial charge in [-0.05, 0) is 113 Å². The highest BCUT2D eigenvalue weighted by Crippen LogP contribution is 2.57. The highest BCUT2D eigenvalue weighted by molar-refractivity contribution is 5.92. The van der Waals surface area contributed by atoms with E-state index in [9.17, 15) is 9.90 Å². The Morgan fingerprint density at radius 3 is 2.47 bits per heavy atom. The summed E-state index contributed by atoms with van der Waals surface area (Å²) in [5.74, 6) is 1.35. The van der Waals surface area contributed by atoms with Crippen molar-refractivity contribution in [2.24, 2.45) is 5.92 Å². The number of esters is 1. The monoisotopic (exact) mass is 618 g/mol. The number of carbonyl (C=O) groups excluding carboxylic acids is 1. The second kappa shape index (κ2) is 14.2. The standard InChI is InChI=1S/C37H54N4O4/c1-37(2,3)45-36(43)26-13-15-31-32(23-26)41-24-28(35(42)40(6)20-19-39(5)18-17-38-4)21-27-22-29(44-7)14-16-30(27)34(41)33(31)25-11-9-8-10-12-25/h13-16,21-23,25,33-35,38,42H,8-12,17-20,24H2,1-7H3/t33?,34-,35+/m0/s1. The van der Waals surface area contributed by atoms with Crippen molar-refractivity contribution in [2.75, 3.05) is 65.9 Å². The number of hydrogen-bond acceptors (Lipinski definition) is 8. The molecule has 3 aliphatic rings. The number of methoxy groups -OCH3 is 1. The van der Waals surface area contributed by atoms with Gasteiger partial charge in [-0.3, -0.25) is 4.90 Å². The molecule has 8 nitrogen and oxygen atoms in total. The number of nitrogens with zero attached hydrogens (tertiary/aromatic N) is 3.